The summed E-state index contributed by atoms with van der Waals surface area (Å²) in [5, 5.41) is 0. The highest BCUT2D eigenvalue weighted by Gasteiger charge is 2.35. The van der Waals surface area contributed by atoms with Gasteiger partial charge in [0.2, 0.25) is 0 Å². The maximum Gasteiger partial charge on any atom is 0.192 e. The molecule has 1 aromatic rings. The van der Waals surface area contributed by atoms with Crippen molar-refractivity contribution in [3.63, 3.8) is 0 Å². The minimum Gasteiger partial charge on any atom is -0.370 e. The van der Waals surface area contributed by atoms with Crippen molar-refractivity contribution in [3.8, 4) is 0 Å². The Kier molecular flexibility index (Phi) is 3.48. The molecule has 1 aliphatic heterocycles. The minimum atomic E-state index is -0.188. The van der Waals surface area contributed by atoms with Crippen molar-refractivity contribution in [3.05, 3.63) is 34.1 Å². The van der Waals surface area contributed by atoms with E-state index in [1.165, 1.54) is 18.9 Å². The third-order valence-corrected chi connectivity index (χ3v) is 4.56. The monoisotopic (exact) mass is 325 g/mol. The van der Waals surface area contributed by atoms with Crippen LogP contribution in [0.2, 0.25) is 0 Å². The molecule has 1 heterocycles. The van der Waals surface area contributed by atoms with Crippen LogP contribution in [-0.4, -0.2) is 23.4 Å². The summed E-state index contributed by atoms with van der Waals surface area (Å²) >= 11 is 3.29. The first-order valence-corrected chi connectivity index (χ1v) is 7.49. The molecule has 3 rings (SSSR count). The average molecular weight is 326 g/mol. The summed E-state index contributed by atoms with van der Waals surface area (Å²) in [6.07, 6.45) is 4.71. The van der Waals surface area contributed by atoms with Crippen molar-refractivity contribution < 1.29 is 4.39 Å². The molecule has 3 nitrogen and oxygen atoms in total. The van der Waals surface area contributed by atoms with Gasteiger partial charge in [-0.15, -0.1) is 0 Å². The van der Waals surface area contributed by atoms with E-state index in [1.54, 1.807) is 0 Å². The molecule has 1 saturated carbocycles. The van der Waals surface area contributed by atoms with Gasteiger partial charge in [0.25, 0.3) is 0 Å². The Morgan fingerprint density at radius 3 is 2.74 bits per heavy atom. The fraction of sp³-hybridized carbons (Fsp3) is 0.500. The van der Waals surface area contributed by atoms with Gasteiger partial charge < -0.3 is 10.6 Å². The van der Waals surface area contributed by atoms with Crippen LogP contribution in [0.15, 0.2) is 27.7 Å². The van der Waals surface area contributed by atoms with Crippen LogP contribution in [0.3, 0.4) is 0 Å². The topological polar surface area (TPSA) is 41.6 Å². The lowest BCUT2D eigenvalue weighted by atomic mass is 10.0. The highest BCUT2D eigenvalue weighted by molar-refractivity contribution is 9.10. The van der Waals surface area contributed by atoms with Crippen LogP contribution in [-0.2, 0) is 0 Å². The number of aliphatic imine (C=N–C) groups is 1. The van der Waals surface area contributed by atoms with E-state index < -0.39 is 0 Å². The van der Waals surface area contributed by atoms with Crippen LogP contribution in [0.25, 0.3) is 0 Å². The third kappa shape index (κ3) is 2.36. The van der Waals surface area contributed by atoms with Gasteiger partial charge in [0.15, 0.2) is 5.96 Å². The van der Waals surface area contributed by atoms with Gasteiger partial charge >= 0.3 is 0 Å². The van der Waals surface area contributed by atoms with E-state index in [1.807, 2.05) is 12.1 Å². The van der Waals surface area contributed by atoms with E-state index in [9.17, 15) is 4.39 Å². The average Bonchev–Trinajstić information content (AvgIpc) is 2.98. The Morgan fingerprint density at radius 2 is 2.05 bits per heavy atom. The summed E-state index contributed by atoms with van der Waals surface area (Å²) in [5.74, 6) is 0.381. The zero-order chi connectivity index (χ0) is 13.4. The largest absolute Gasteiger partial charge is 0.370 e. The number of hydrogen-bond acceptors (Lipinski definition) is 3. The van der Waals surface area contributed by atoms with Gasteiger partial charge in [-0.25, -0.2) is 4.39 Å². The molecule has 0 saturated heterocycles. The molecule has 1 aliphatic carbocycles. The second-order valence-electron chi connectivity index (χ2n) is 5.23. The Hall–Kier alpha value is -1.10. The second-order valence-corrected chi connectivity index (χ2v) is 6.14. The van der Waals surface area contributed by atoms with Crippen molar-refractivity contribution in [1.82, 2.24) is 4.90 Å². The molecular weight excluding hydrogens is 309 g/mol. The quantitative estimate of drug-likeness (QED) is 0.907. The molecule has 102 valence electrons. The summed E-state index contributed by atoms with van der Waals surface area (Å²) in [6, 6.07) is 5.59. The Balaban J connectivity index is 1.91. The van der Waals surface area contributed by atoms with Gasteiger partial charge in [-0.2, -0.15) is 0 Å². The predicted octanol–water partition coefficient (Wildman–Crippen LogP) is 3.20. The second kappa shape index (κ2) is 5.12. The van der Waals surface area contributed by atoms with E-state index in [4.69, 9.17) is 5.73 Å². The number of benzene rings is 1. The molecule has 19 heavy (non-hydrogen) atoms. The predicted molar refractivity (Wildman–Crippen MR) is 77.4 cm³/mol. The number of rotatable bonds is 2. The van der Waals surface area contributed by atoms with Gasteiger partial charge in [0.05, 0.1) is 12.6 Å². The normalized spacial score (nSPS) is 24.0. The first-order valence-electron chi connectivity index (χ1n) is 6.70. The zero-order valence-corrected chi connectivity index (χ0v) is 12.2. The summed E-state index contributed by atoms with van der Waals surface area (Å²) in [6.45, 7) is 0.556. The van der Waals surface area contributed by atoms with Crippen LogP contribution in [0.1, 0.15) is 37.3 Å². The molecular formula is C14H17BrFN3. The Morgan fingerprint density at radius 1 is 1.32 bits per heavy atom. The van der Waals surface area contributed by atoms with Gasteiger partial charge in [0.1, 0.15) is 5.82 Å². The van der Waals surface area contributed by atoms with Gasteiger partial charge in [-0.1, -0.05) is 34.8 Å². The number of guanidine groups is 1. The molecule has 1 atom stereocenters. The molecule has 0 radical (unpaired) electrons. The standard InChI is InChI=1S/C14H17BrFN3/c15-9-5-6-11(12(16)7-9)13-8-18-14(17)19(13)10-3-1-2-4-10/h5-7,10,13H,1-4,8H2,(H2,17,18). The summed E-state index contributed by atoms with van der Waals surface area (Å²) in [7, 11) is 0. The van der Waals surface area contributed by atoms with Crippen molar-refractivity contribution in [2.24, 2.45) is 10.7 Å². The van der Waals surface area contributed by atoms with Gasteiger partial charge in [0, 0.05) is 16.1 Å². The number of nitrogens with two attached hydrogens (primary N) is 1. The molecule has 5 heteroatoms. The number of halogens is 2. The molecule has 0 bridgehead atoms. The smallest absolute Gasteiger partial charge is 0.192 e. The van der Waals surface area contributed by atoms with Gasteiger partial charge in [-0.05, 0) is 25.0 Å². The van der Waals surface area contributed by atoms with Crippen LogP contribution in [0, 0.1) is 5.82 Å². The lowest BCUT2D eigenvalue weighted by Gasteiger charge is -2.32. The fourth-order valence-corrected chi connectivity index (χ4v) is 3.49. The van der Waals surface area contributed by atoms with Crippen LogP contribution in [0.4, 0.5) is 4.39 Å². The van der Waals surface area contributed by atoms with Crippen molar-refractivity contribution in [2.45, 2.75) is 37.8 Å². The zero-order valence-electron chi connectivity index (χ0n) is 10.6. The Labute approximate surface area is 120 Å². The number of hydrogen-bond donors (Lipinski definition) is 1. The van der Waals surface area contributed by atoms with E-state index in [2.05, 4.69) is 25.8 Å². The van der Waals surface area contributed by atoms with Crippen molar-refractivity contribution >= 4 is 21.9 Å². The lowest BCUT2D eigenvalue weighted by molar-refractivity contribution is 0.257. The SMILES string of the molecule is NC1=NCC(c2ccc(Br)cc2F)N1C1CCCC1. The summed E-state index contributed by atoms with van der Waals surface area (Å²) in [4.78, 5) is 6.45. The molecule has 2 N–H and O–H groups in total. The molecule has 0 aromatic heterocycles. The highest BCUT2D eigenvalue weighted by Crippen LogP contribution is 2.35. The molecule has 0 spiro atoms. The van der Waals surface area contributed by atoms with Crippen LogP contribution >= 0.6 is 15.9 Å². The minimum absolute atomic E-state index is 0.0452. The maximum atomic E-state index is 14.1. The molecule has 0 amide bonds. The third-order valence-electron chi connectivity index (χ3n) is 4.07. The Bertz CT molecular complexity index is 511. The molecule has 1 fully saturated rings. The van der Waals surface area contributed by atoms with Crippen LogP contribution in [0.5, 0.6) is 0 Å². The molecule has 2 aliphatic rings. The fourth-order valence-electron chi connectivity index (χ4n) is 3.15. The van der Waals surface area contributed by atoms with E-state index in [0.29, 0.717) is 24.1 Å². The summed E-state index contributed by atoms with van der Waals surface area (Å²) in [5.41, 5.74) is 6.70. The van der Waals surface area contributed by atoms with Crippen molar-refractivity contribution in [2.75, 3.05) is 6.54 Å². The van der Waals surface area contributed by atoms with E-state index in [0.717, 1.165) is 17.3 Å². The first kappa shape index (κ1) is 12.9. The lowest BCUT2D eigenvalue weighted by Crippen LogP contribution is -2.42. The molecule has 1 aromatic carbocycles. The van der Waals surface area contributed by atoms with E-state index in [-0.39, 0.29) is 11.9 Å². The van der Waals surface area contributed by atoms with Crippen molar-refractivity contribution in [1.29, 1.82) is 0 Å². The first-order chi connectivity index (χ1) is 9.16. The van der Waals surface area contributed by atoms with Crippen LogP contribution < -0.4 is 5.73 Å². The highest BCUT2D eigenvalue weighted by atomic mass is 79.9. The van der Waals surface area contributed by atoms with Gasteiger partial charge in [-0.3, -0.25) is 4.99 Å². The number of nitrogens with zero attached hydrogens (tertiary/aromatic N) is 2. The molecule has 1 unspecified atom stereocenters. The maximum absolute atomic E-state index is 14.1. The summed E-state index contributed by atoms with van der Waals surface area (Å²) < 4.78 is 14.9. The van der Waals surface area contributed by atoms with E-state index >= 15 is 0 Å².